The summed E-state index contributed by atoms with van der Waals surface area (Å²) in [6.45, 7) is 0. The third-order valence-corrected chi connectivity index (χ3v) is 1.65. The number of hydrogen-bond acceptors (Lipinski definition) is 2. The van der Waals surface area contributed by atoms with Crippen LogP contribution in [0.15, 0.2) is 33.6 Å². The van der Waals surface area contributed by atoms with Crippen molar-refractivity contribution in [3.8, 4) is 0 Å². The van der Waals surface area contributed by atoms with E-state index in [1.165, 1.54) is 0 Å². The topological polar surface area (TPSA) is 0 Å². The first-order valence-electron chi connectivity index (χ1n) is 2.93. The average Bonchev–Trinajstić information content (AvgIpc) is 1.94. The van der Waals surface area contributed by atoms with Gasteiger partial charge in [-0.3, -0.25) is 0 Å². The summed E-state index contributed by atoms with van der Waals surface area (Å²) in [5.74, 6) is 0. The largest absolute Gasteiger partial charge is 0.150 e. The highest BCUT2D eigenvalue weighted by Gasteiger charge is 1.82. The fourth-order valence-corrected chi connectivity index (χ4v) is 0.854. The molecule has 0 radical (unpaired) electrons. The van der Waals surface area contributed by atoms with Crippen LogP contribution in [0.5, 0.6) is 0 Å². The normalized spacial score (nSPS) is 9.17. The van der Waals surface area contributed by atoms with Crippen molar-refractivity contribution < 1.29 is 0 Å². The second kappa shape index (κ2) is 7.39. The predicted octanol–water partition coefficient (Wildman–Crippen LogP) is 4.42. The molecule has 1 aromatic rings. The van der Waals surface area contributed by atoms with Gasteiger partial charge in [-0.15, -0.1) is 25.3 Å². The summed E-state index contributed by atoms with van der Waals surface area (Å²) < 4.78 is 0.565. The van der Waals surface area contributed by atoms with Gasteiger partial charge in [0.2, 0.25) is 0 Å². The van der Waals surface area contributed by atoms with E-state index >= 15 is 0 Å². The molecule has 0 nitrogen and oxygen atoms in total. The zero-order valence-corrected chi connectivity index (χ0v) is 10.8. The summed E-state index contributed by atoms with van der Waals surface area (Å²) in [6.07, 6.45) is 0. The molecule has 0 heterocycles. The highest BCUT2D eigenvalue weighted by molar-refractivity contribution is 9.10. The quantitative estimate of drug-likeness (QED) is 0.515. The number of benzene rings is 1. The number of thiol groups is 2. The van der Waals surface area contributed by atoms with Gasteiger partial charge in [-0.25, -0.2) is 0 Å². The average molecular weight is 306 g/mol. The van der Waals surface area contributed by atoms with Gasteiger partial charge in [-0.05, 0) is 24.3 Å². The van der Waals surface area contributed by atoms with Gasteiger partial charge in [0.05, 0.1) is 0 Å². The summed E-state index contributed by atoms with van der Waals surface area (Å²) in [5.41, 5.74) is 0. The van der Waals surface area contributed by atoms with Gasteiger partial charge in [0, 0.05) is 9.37 Å². The van der Waals surface area contributed by atoms with Crippen LogP contribution in [0.2, 0.25) is 0 Å². The second-order valence-electron chi connectivity index (χ2n) is 1.75. The fraction of sp³-hybridized carbons (Fsp3) is 0.143. The van der Waals surface area contributed by atoms with Crippen molar-refractivity contribution in [2.24, 2.45) is 0 Å². The molecule has 0 saturated carbocycles. The molecule has 1 rings (SSSR count). The lowest BCUT2D eigenvalue weighted by Crippen LogP contribution is -1.62. The first-order chi connectivity index (χ1) is 5.52. The lowest BCUT2D eigenvalue weighted by Gasteiger charge is -1.87. The van der Waals surface area contributed by atoms with Crippen LogP contribution in [-0.4, -0.2) is 4.17 Å². The molecule has 0 amide bonds. The maximum absolute atomic E-state index is 4.90. The second-order valence-corrected chi connectivity index (χ2v) is 5.41. The van der Waals surface area contributed by atoms with Crippen molar-refractivity contribution in [2.45, 2.75) is 9.06 Å². The molecule has 0 aromatic heterocycles. The number of hydrogen-bond donors (Lipinski definition) is 2. The van der Waals surface area contributed by atoms with Gasteiger partial charge >= 0.3 is 0 Å². The van der Waals surface area contributed by atoms with E-state index in [-0.39, 0.29) is 0 Å². The van der Waals surface area contributed by atoms with Gasteiger partial charge in [0.25, 0.3) is 0 Å². The monoisotopic (exact) mass is 304 g/mol. The molecule has 0 saturated heterocycles. The number of alkyl halides is 2. The van der Waals surface area contributed by atoms with Crippen LogP contribution in [-0.2, 0) is 0 Å². The molecule has 5 heteroatoms. The van der Waals surface area contributed by atoms with Crippen molar-refractivity contribution >= 4 is 64.4 Å². The third-order valence-electron chi connectivity index (χ3n) is 0.827. The summed E-state index contributed by atoms with van der Waals surface area (Å²) in [7, 11) is 0. The van der Waals surface area contributed by atoms with Crippen molar-refractivity contribution in [1.29, 1.82) is 0 Å². The van der Waals surface area contributed by atoms with E-state index in [2.05, 4.69) is 41.2 Å². The maximum atomic E-state index is 4.90. The third kappa shape index (κ3) is 9.07. The molecule has 68 valence electrons. The molecule has 12 heavy (non-hydrogen) atoms. The minimum atomic E-state index is -0.528. The van der Waals surface area contributed by atoms with Gasteiger partial charge < -0.3 is 0 Å². The summed E-state index contributed by atoms with van der Waals surface area (Å²) in [5, 5.41) is 0. The zero-order valence-electron chi connectivity index (χ0n) is 5.92. The Morgan fingerprint density at radius 2 is 1.50 bits per heavy atom. The Hall–Kier alpha value is 0.980. The fourth-order valence-electron chi connectivity index (χ4n) is 0.441. The van der Waals surface area contributed by atoms with Gasteiger partial charge in [0.1, 0.15) is 4.17 Å². The Balaban J connectivity index is 0.000000261. The first-order valence-corrected chi connectivity index (χ1v) is 5.56. The van der Waals surface area contributed by atoms with Gasteiger partial charge in [-0.1, -0.05) is 39.1 Å². The van der Waals surface area contributed by atoms with Crippen LogP contribution in [0.4, 0.5) is 0 Å². The van der Waals surface area contributed by atoms with Crippen LogP contribution >= 0.6 is 64.4 Å². The minimum absolute atomic E-state index is 0.528. The zero-order chi connectivity index (χ0) is 9.56. The van der Waals surface area contributed by atoms with Crippen LogP contribution < -0.4 is 0 Å². The van der Waals surface area contributed by atoms with E-state index in [1.807, 2.05) is 24.3 Å². The minimum Gasteiger partial charge on any atom is -0.144 e. The summed E-state index contributed by atoms with van der Waals surface area (Å²) in [4.78, 5) is 0.994. The molecule has 0 aliphatic rings. The molecule has 0 spiro atoms. The van der Waals surface area contributed by atoms with E-state index in [9.17, 15) is 0 Å². The highest BCUT2D eigenvalue weighted by Crippen LogP contribution is 2.12. The van der Waals surface area contributed by atoms with Gasteiger partial charge in [0.15, 0.2) is 0 Å². The molecular formula is C7H7BrCl2S2. The molecule has 0 aliphatic heterocycles. The molecule has 1 aromatic carbocycles. The predicted molar refractivity (Wildman–Crippen MR) is 65.9 cm³/mol. The lowest BCUT2D eigenvalue weighted by atomic mass is 10.4. The van der Waals surface area contributed by atoms with Crippen molar-refractivity contribution in [1.82, 2.24) is 0 Å². The molecule has 0 aliphatic carbocycles. The van der Waals surface area contributed by atoms with Crippen LogP contribution in [0, 0.1) is 0 Å². The number of rotatable bonds is 0. The molecule has 0 unspecified atom stereocenters. The lowest BCUT2D eigenvalue weighted by molar-refractivity contribution is 1.46. The maximum Gasteiger partial charge on any atom is 0.150 e. The summed E-state index contributed by atoms with van der Waals surface area (Å²) >= 11 is 20.7. The van der Waals surface area contributed by atoms with E-state index in [4.69, 9.17) is 23.2 Å². The van der Waals surface area contributed by atoms with Crippen LogP contribution in [0.3, 0.4) is 0 Å². The van der Waals surface area contributed by atoms with Crippen molar-refractivity contribution in [3.05, 3.63) is 28.7 Å². The van der Waals surface area contributed by atoms with E-state index in [1.54, 1.807) is 0 Å². The van der Waals surface area contributed by atoms with Crippen LogP contribution in [0.25, 0.3) is 0 Å². The molecule has 0 N–H and O–H groups in total. The Kier molecular flexibility index (Phi) is 7.99. The first kappa shape index (κ1) is 13.0. The molecule has 0 bridgehead atoms. The van der Waals surface area contributed by atoms with E-state index in [0.717, 1.165) is 9.37 Å². The SMILES string of the molecule is SC(Cl)Cl.Sc1ccc(Br)cc1. The Morgan fingerprint density at radius 3 is 1.75 bits per heavy atom. The van der Waals surface area contributed by atoms with E-state index in [0.29, 0.717) is 0 Å². The molecule has 0 atom stereocenters. The highest BCUT2D eigenvalue weighted by atomic mass is 79.9. The number of halogens is 3. The van der Waals surface area contributed by atoms with Gasteiger partial charge in [-0.2, -0.15) is 0 Å². The van der Waals surface area contributed by atoms with Crippen molar-refractivity contribution in [2.75, 3.05) is 0 Å². The Bertz CT molecular complexity index is 189. The summed E-state index contributed by atoms with van der Waals surface area (Å²) in [6, 6.07) is 7.80. The van der Waals surface area contributed by atoms with E-state index < -0.39 is 4.17 Å². The van der Waals surface area contributed by atoms with Crippen molar-refractivity contribution in [3.63, 3.8) is 0 Å². The Morgan fingerprint density at radius 1 is 1.17 bits per heavy atom. The molecular weight excluding hydrogens is 299 g/mol. The Labute approximate surface area is 102 Å². The van der Waals surface area contributed by atoms with Crippen LogP contribution in [0.1, 0.15) is 0 Å². The standard InChI is InChI=1S/C6H5BrS.CH2Cl2S/c7-5-1-3-6(8)4-2-5;2-1(3)4/h1-4,8H;1,4H. The molecule has 0 fully saturated rings. The smallest absolute Gasteiger partial charge is 0.144 e.